The highest BCUT2D eigenvalue weighted by atomic mass is 16.5. The minimum atomic E-state index is -0.218. The monoisotopic (exact) mass is 500 g/mol. The highest BCUT2D eigenvalue weighted by Crippen LogP contribution is 2.30. The minimum Gasteiger partial charge on any atom is -0.385 e. The first-order chi connectivity index (χ1) is 18.1. The summed E-state index contributed by atoms with van der Waals surface area (Å²) in [4.78, 5) is 20.2. The summed E-state index contributed by atoms with van der Waals surface area (Å²) in [6.07, 6.45) is 5.69. The van der Waals surface area contributed by atoms with Gasteiger partial charge in [-0.25, -0.2) is 4.98 Å². The van der Waals surface area contributed by atoms with Crippen molar-refractivity contribution in [2.75, 3.05) is 26.8 Å². The van der Waals surface area contributed by atoms with Crippen LogP contribution in [0.3, 0.4) is 0 Å². The number of nitrogens with zero attached hydrogens (tertiary/aromatic N) is 4. The fourth-order valence-electron chi connectivity index (χ4n) is 5.39. The number of carbonyl (C=O) groups excluding carboxylic acids is 1. The van der Waals surface area contributed by atoms with Crippen LogP contribution in [0.4, 0.5) is 0 Å². The average molecular weight is 501 g/mol. The average Bonchev–Trinajstić information content (AvgIpc) is 3.58. The van der Waals surface area contributed by atoms with Gasteiger partial charge in [-0.1, -0.05) is 36.4 Å². The van der Waals surface area contributed by atoms with E-state index in [-0.39, 0.29) is 17.9 Å². The number of amides is 1. The van der Waals surface area contributed by atoms with Gasteiger partial charge in [0.1, 0.15) is 5.82 Å². The lowest BCUT2D eigenvalue weighted by Crippen LogP contribution is -2.42. The minimum absolute atomic E-state index is 0.133. The van der Waals surface area contributed by atoms with Gasteiger partial charge in [0.15, 0.2) is 0 Å². The van der Waals surface area contributed by atoms with Gasteiger partial charge in [-0.15, -0.1) is 0 Å². The van der Waals surface area contributed by atoms with Crippen molar-refractivity contribution in [1.82, 2.24) is 24.6 Å². The van der Waals surface area contributed by atoms with Gasteiger partial charge in [0, 0.05) is 57.9 Å². The van der Waals surface area contributed by atoms with Crippen LogP contribution >= 0.6 is 0 Å². The first kappa shape index (κ1) is 25.2. The maximum absolute atomic E-state index is 13.2. The summed E-state index contributed by atoms with van der Waals surface area (Å²) in [6, 6.07) is 18.3. The molecule has 8 heteroatoms. The maximum atomic E-state index is 13.2. The van der Waals surface area contributed by atoms with Crippen LogP contribution < -0.4 is 5.73 Å². The lowest BCUT2D eigenvalue weighted by Gasteiger charge is -2.33. The van der Waals surface area contributed by atoms with E-state index < -0.39 is 0 Å². The molecule has 194 valence electrons. The number of piperidine rings is 1. The molecule has 1 aliphatic rings. The Bertz CT molecular complexity index is 1300. The number of methoxy groups -OCH3 is 1. The molecule has 2 atom stereocenters. The zero-order chi connectivity index (χ0) is 25.6. The molecule has 5 rings (SSSR count). The van der Waals surface area contributed by atoms with Crippen LogP contribution in [-0.4, -0.2) is 63.4 Å². The van der Waals surface area contributed by atoms with Crippen molar-refractivity contribution < 1.29 is 9.53 Å². The molecule has 0 saturated carbocycles. The number of hydrogen-bond acceptors (Lipinski definition) is 5. The number of nitrogens with two attached hydrogens (primary N) is 1. The number of aromatic amines is 1. The van der Waals surface area contributed by atoms with Gasteiger partial charge < -0.3 is 19.9 Å². The number of aromatic nitrogens is 4. The molecular formula is C29H36N6O2. The third-order valence-electron chi connectivity index (χ3n) is 7.25. The van der Waals surface area contributed by atoms with Crippen molar-refractivity contribution in [3.63, 3.8) is 0 Å². The molecule has 2 unspecified atom stereocenters. The Hall–Kier alpha value is -3.49. The zero-order valence-corrected chi connectivity index (χ0v) is 21.5. The number of fused-ring (bicyclic) bond motifs is 1. The van der Waals surface area contributed by atoms with E-state index in [4.69, 9.17) is 15.5 Å². The summed E-state index contributed by atoms with van der Waals surface area (Å²) in [6.45, 7) is 3.05. The summed E-state index contributed by atoms with van der Waals surface area (Å²) >= 11 is 0. The molecule has 1 saturated heterocycles. The number of H-pyrrole nitrogens is 1. The second-order valence-corrected chi connectivity index (χ2v) is 9.97. The fourth-order valence-corrected chi connectivity index (χ4v) is 5.39. The number of nitrogens with one attached hydrogen (secondary N) is 1. The number of imidazole rings is 1. The van der Waals surface area contributed by atoms with Crippen molar-refractivity contribution in [3.05, 3.63) is 72.2 Å². The number of benzene rings is 2. The molecule has 1 aliphatic heterocycles. The van der Waals surface area contributed by atoms with E-state index in [9.17, 15) is 4.79 Å². The smallest absolute Gasteiger partial charge is 0.224 e. The third-order valence-corrected chi connectivity index (χ3v) is 7.25. The number of hydrogen-bond donors (Lipinski definition) is 2. The number of carbonyl (C=O) groups is 1. The Labute approximate surface area is 217 Å². The number of rotatable bonds is 10. The van der Waals surface area contributed by atoms with Crippen LogP contribution in [0.2, 0.25) is 0 Å². The Morgan fingerprint density at radius 1 is 1.19 bits per heavy atom. The predicted octanol–water partition coefficient (Wildman–Crippen LogP) is 4.13. The summed E-state index contributed by atoms with van der Waals surface area (Å²) < 4.78 is 7.61. The van der Waals surface area contributed by atoms with Crippen LogP contribution in [0.1, 0.15) is 43.0 Å². The molecule has 3 heterocycles. The molecule has 0 aliphatic carbocycles. The molecular weight excluding hydrogens is 464 g/mol. The predicted molar refractivity (Wildman–Crippen MR) is 145 cm³/mol. The lowest BCUT2D eigenvalue weighted by atomic mass is 9.95. The van der Waals surface area contributed by atoms with Crippen molar-refractivity contribution in [3.8, 4) is 11.3 Å². The molecule has 37 heavy (non-hydrogen) atoms. The van der Waals surface area contributed by atoms with Crippen LogP contribution in [0.25, 0.3) is 22.3 Å². The van der Waals surface area contributed by atoms with Crippen LogP contribution in [0, 0.1) is 0 Å². The first-order valence-corrected chi connectivity index (χ1v) is 13.2. The number of aryl methyl sites for hydroxylation is 1. The van der Waals surface area contributed by atoms with E-state index in [2.05, 4.69) is 57.2 Å². The number of ether oxygens (including phenoxy) is 1. The summed E-state index contributed by atoms with van der Waals surface area (Å²) in [5.74, 6) is 1.43. The van der Waals surface area contributed by atoms with E-state index in [1.54, 1.807) is 13.3 Å². The van der Waals surface area contributed by atoms with Crippen LogP contribution in [-0.2, 0) is 22.5 Å². The van der Waals surface area contributed by atoms with Crippen molar-refractivity contribution >= 4 is 16.9 Å². The Balaban J connectivity index is 1.22. The normalized spacial score (nSPS) is 16.8. The van der Waals surface area contributed by atoms with E-state index in [0.717, 1.165) is 66.0 Å². The molecule has 8 nitrogen and oxygen atoms in total. The molecule has 0 spiro atoms. The fraction of sp³-hybridized carbons (Fsp3) is 0.414. The number of likely N-dealkylation sites (tertiary alicyclic amines) is 1. The second kappa shape index (κ2) is 11.7. The quantitative estimate of drug-likeness (QED) is 0.319. The third kappa shape index (κ3) is 5.92. The summed E-state index contributed by atoms with van der Waals surface area (Å²) in [7, 11) is 1.73. The topological polar surface area (TPSA) is 102 Å². The molecule has 1 amide bonds. The molecule has 3 N–H and O–H groups in total. The van der Waals surface area contributed by atoms with Crippen molar-refractivity contribution in [2.45, 2.75) is 50.6 Å². The summed E-state index contributed by atoms with van der Waals surface area (Å²) in [5.41, 5.74) is 11.8. The van der Waals surface area contributed by atoms with E-state index in [0.29, 0.717) is 26.0 Å². The zero-order valence-electron chi connectivity index (χ0n) is 21.5. The first-order valence-electron chi connectivity index (χ1n) is 13.2. The maximum Gasteiger partial charge on any atom is 0.224 e. The van der Waals surface area contributed by atoms with Gasteiger partial charge >= 0.3 is 0 Å². The van der Waals surface area contributed by atoms with E-state index in [1.807, 2.05) is 17.0 Å². The number of para-hydroxylation sites is 2. The standard InChI is InChI=1S/C29H36N6O2/c1-37-17-5-16-35-27-8-3-2-7-26(27)32-29(35)23-6-4-15-34(20-23)28(36)19-24(30)18-21-9-11-22(12-10-21)25-13-14-31-33-25/h2-3,7-14,23-24H,4-6,15-20,30H2,1H3,(H,31,33). The molecule has 1 fully saturated rings. The van der Waals surface area contributed by atoms with Gasteiger partial charge in [-0.2, -0.15) is 5.10 Å². The molecule has 2 aromatic heterocycles. The van der Waals surface area contributed by atoms with Crippen LogP contribution in [0.15, 0.2) is 60.8 Å². The lowest BCUT2D eigenvalue weighted by molar-refractivity contribution is -0.132. The van der Waals surface area contributed by atoms with Crippen LogP contribution in [0.5, 0.6) is 0 Å². The largest absolute Gasteiger partial charge is 0.385 e. The highest BCUT2D eigenvalue weighted by molar-refractivity contribution is 5.78. The highest BCUT2D eigenvalue weighted by Gasteiger charge is 2.29. The SMILES string of the molecule is COCCCn1c(C2CCCN(C(=O)CC(N)Cc3ccc(-c4ccn[nH]4)cc3)C2)nc2ccccc21. The Morgan fingerprint density at radius 2 is 2.03 bits per heavy atom. The van der Waals surface area contributed by atoms with Gasteiger partial charge in [0.25, 0.3) is 0 Å². The van der Waals surface area contributed by atoms with Crippen molar-refractivity contribution in [1.29, 1.82) is 0 Å². The van der Waals surface area contributed by atoms with Crippen molar-refractivity contribution in [2.24, 2.45) is 5.73 Å². The van der Waals surface area contributed by atoms with Gasteiger partial charge in [-0.3, -0.25) is 9.89 Å². The summed E-state index contributed by atoms with van der Waals surface area (Å²) in [5, 5.41) is 6.98. The molecule has 4 aromatic rings. The Kier molecular flexibility index (Phi) is 7.96. The second-order valence-electron chi connectivity index (χ2n) is 9.97. The van der Waals surface area contributed by atoms with Gasteiger partial charge in [0.05, 0.1) is 16.7 Å². The molecule has 0 bridgehead atoms. The van der Waals surface area contributed by atoms with Gasteiger partial charge in [-0.05, 0) is 55.0 Å². The van der Waals surface area contributed by atoms with E-state index in [1.165, 1.54) is 0 Å². The molecule has 0 radical (unpaired) electrons. The van der Waals surface area contributed by atoms with Gasteiger partial charge in [0.2, 0.25) is 5.91 Å². The Morgan fingerprint density at radius 3 is 2.81 bits per heavy atom. The van der Waals surface area contributed by atoms with E-state index >= 15 is 0 Å². The molecule has 2 aromatic carbocycles.